The van der Waals surface area contributed by atoms with Crippen molar-refractivity contribution in [2.24, 2.45) is 0 Å². The van der Waals surface area contributed by atoms with Crippen molar-refractivity contribution < 1.29 is 27.9 Å². The van der Waals surface area contributed by atoms with E-state index in [9.17, 15) is 27.6 Å². The minimum Gasteiger partial charge on any atom is -0.390 e. The minimum atomic E-state index is -3.79. The molecule has 1 fully saturated rings. The lowest BCUT2D eigenvalue weighted by molar-refractivity contribution is -0.0584. The third-order valence-electron chi connectivity index (χ3n) is 6.20. The molecule has 2 aromatic carbocycles. The lowest BCUT2D eigenvalue weighted by Gasteiger charge is -2.20. The van der Waals surface area contributed by atoms with Gasteiger partial charge in [-0.25, -0.2) is 4.39 Å². The summed E-state index contributed by atoms with van der Waals surface area (Å²) < 4.78 is 43.5. The summed E-state index contributed by atoms with van der Waals surface area (Å²) in [6.45, 7) is 1.16. The zero-order chi connectivity index (χ0) is 26.7. The maximum atomic E-state index is 14.8. The van der Waals surface area contributed by atoms with E-state index in [1.807, 2.05) is 0 Å². The summed E-state index contributed by atoms with van der Waals surface area (Å²) in [5, 5.41) is 15.5. The summed E-state index contributed by atoms with van der Waals surface area (Å²) in [6, 6.07) is 10.9. The largest absolute Gasteiger partial charge is 0.390 e. The number of carbonyl (C=O) groups is 2. The van der Waals surface area contributed by atoms with Crippen LogP contribution < -0.4 is 10.9 Å². The van der Waals surface area contributed by atoms with E-state index < -0.39 is 41.4 Å². The number of aliphatic hydroxyl groups excluding tert-OH is 1. The van der Waals surface area contributed by atoms with Crippen LogP contribution in [0.3, 0.4) is 0 Å². The minimum absolute atomic E-state index is 0.161. The summed E-state index contributed by atoms with van der Waals surface area (Å²) in [5.74, 6) is -5.96. The highest BCUT2D eigenvalue weighted by Gasteiger charge is 2.35. The predicted octanol–water partition coefficient (Wildman–Crippen LogP) is 3.18. The Morgan fingerprint density at radius 2 is 1.81 bits per heavy atom. The smallest absolute Gasteiger partial charge is 0.298 e. The SMILES string of the molecule is C[C@@H](NC(=O)c1ccc(=O)n(-c2cccc(C(=O)N3CCCC3)c2)n1)c1cccc(C(F)(F)CO)c1F. The van der Waals surface area contributed by atoms with Gasteiger partial charge in [0, 0.05) is 30.3 Å². The number of aliphatic hydroxyl groups is 1. The molecule has 2 amide bonds. The maximum Gasteiger partial charge on any atom is 0.298 e. The van der Waals surface area contributed by atoms with Crippen molar-refractivity contribution in [3.63, 3.8) is 0 Å². The second kappa shape index (κ2) is 10.6. The van der Waals surface area contributed by atoms with Gasteiger partial charge >= 0.3 is 0 Å². The summed E-state index contributed by atoms with van der Waals surface area (Å²) in [4.78, 5) is 39.8. The summed E-state index contributed by atoms with van der Waals surface area (Å²) in [7, 11) is 0. The van der Waals surface area contributed by atoms with Gasteiger partial charge in [0.05, 0.1) is 17.3 Å². The molecule has 8 nitrogen and oxygen atoms in total. The normalized spacial score (nSPS) is 14.5. The van der Waals surface area contributed by atoms with Crippen molar-refractivity contribution in [2.45, 2.75) is 31.7 Å². The van der Waals surface area contributed by atoms with E-state index in [2.05, 4.69) is 10.4 Å². The van der Waals surface area contributed by atoms with E-state index >= 15 is 0 Å². The Bertz CT molecular complexity index is 1390. The van der Waals surface area contributed by atoms with Crippen molar-refractivity contribution in [1.29, 1.82) is 0 Å². The summed E-state index contributed by atoms with van der Waals surface area (Å²) in [5.41, 5.74) is -1.25. The van der Waals surface area contributed by atoms with Gasteiger partial charge in [0.2, 0.25) is 0 Å². The van der Waals surface area contributed by atoms with Gasteiger partial charge in [-0.2, -0.15) is 18.6 Å². The van der Waals surface area contributed by atoms with Crippen LogP contribution in [0.25, 0.3) is 5.69 Å². The second-order valence-corrected chi connectivity index (χ2v) is 8.78. The number of halogens is 3. The first-order valence-electron chi connectivity index (χ1n) is 11.7. The van der Waals surface area contributed by atoms with Crippen LogP contribution in [-0.2, 0) is 5.92 Å². The van der Waals surface area contributed by atoms with E-state index in [1.54, 1.807) is 23.1 Å². The van der Waals surface area contributed by atoms with Crippen LogP contribution in [0.2, 0.25) is 0 Å². The average molecular weight is 515 g/mol. The van der Waals surface area contributed by atoms with Gasteiger partial charge in [0.25, 0.3) is 23.3 Å². The molecule has 1 aliphatic heterocycles. The molecular formula is C26H25F3N4O4. The number of hydrogen-bond donors (Lipinski definition) is 2. The molecule has 2 heterocycles. The van der Waals surface area contributed by atoms with Gasteiger partial charge in [0.1, 0.15) is 18.1 Å². The molecule has 0 bridgehead atoms. The molecule has 0 unspecified atom stereocenters. The van der Waals surface area contributed by atoms with Crippen molar-refractivity contribution in [3.05, 3.63) is 93.2 Å². The third-order valence-corrected chi connectivity index (χ3v) is 6.20. The number of benzene rings is 2. The number of rotatable bonds is 7. The van der Waals surface area contributed by atoms with Gasteiger partial charge in [-0.1, -0.05) is 18.2 Å². The van der Waals surface area contributed by atoms with E-state index in [4.69, 9.17) is 5.11 Å². The Labute approximate surface area is 210 Å². The molecule has 1 aromatic heterocycles. The molecule has 11 heteroatoms. The van der Waals surface area contributed by atoms with Crippen molar-refractivity contribution in [3.8, 4) is 5.69 Å². The first kappa shape index (κ1) is 26.1. The second-order valence-electron chi connectivity index (χ2n) is 8.78. The monoisotopic (exact) mass is 514 g/mol. The fraction of sp³-hybridized carbons (Fsp3) is 0.308. The van der Waals surface area contributed by atoms with Crippen LogP contribution in [-0.4, -0.2) is 51.3 Å². The van der Waals surface area contributed by atoms with E-state index in [0.29, 0.717) is 18.7 Å². The lowest BCUT2D eigenvalue weighted by Crippen LogP contribution is -2.31. The van der Waals surface area contributed by atoms with Gasteiger partial charge in [0.15, 0.2) is 0 Å². The van der Waals surface area contributed by atoms with Crippen molar-refractivity contribution in [2.75, 3.05) is 19.7 Å². The van der Waals surface area contributed by atoms with Crippen LogP contribution in [0.15, 0.2) is 59.4 Å². The highest BCUT2D eigenvalue weighted by Crippen LogP contribution is 2.32. The lowest BCUT2D eigenvalue weighted by atomic mass is 10.0. The molecule has 1 atom stereocenters. The maximum absolute atomic E-state index is 14.8. The number of nitrogens with one attached hydrogen (secondary N) is 1. The molecule has 0 saturated carbocycles. The first-order valence-corrected chi connectivity index (χ1v) is 11.7. The number of hydrogen-bond acceptors (Lipinski definition) is 5. The Hall–Kier alpha value is -3.99. The van der Waals surface area contributed by atoms with Crippen LogP contribution in [0, 0.1) is 5.82 Å². The fourth-order valence-corrected chi connectivity index (χ4v) is 4.19. The molecule has 1 aliphatic rings. The summed E-state index contributed by atoms with van der Waals surface area (Å²) in [6.07, 6.45) is 1.86. The molecule has 4 rings (SSSR count). The molecule has 37 heavy (non-hydrogen) atoms. The Morgan fingerprint density at radius 3 is 2.51 bits per heavy atom. The van der Waals surface area contributed by atoms with Gasteiger partial charge < -0.3 is 15.3 Å². The number of nitrogens with zero attached hydrogens (tertiary/aromatic N) is 3. The average Bonchev–Trinajstić information content (AvgIpc) is 3.43. The predicted molar refractivity (Wildman–Crippen MR) is 128 cm³/mol. The molecule has 3 aromatic rings. The molecule has 0 aliphatic carbocycles. The fourth-order valence-electron chi connectivity index (χ4n) is 4.19. The standard InChI is InChI=1S/C26H25F3N4O4/c1-16(19-8-5-9-20(23(19)27)26(28,29)15-34)30-24(36)21-10-11-22(35)33(31-21)18-7-4-6-17(14-18)25(37)32-12-2-3-13-32/h4-11,14,16,34H,2-3,12-13,15H2,1H3,(H,30,36)/t16-/m1/s1. The van der Waals surface area contributed by atoms with Crippen molar-refractivity contribution >= 4 is 11.8 Å². The first-order chi connectivity index (χ1) is 17.6. The summed E-state index contributed by atoms with van der Waals surface area (Å²) >= 11 is 0. The topological polar surface area (TPSA) is 105 Å². The molecule has 0 spiro atoms. The van der Waals surface area contributed by atoms with Gasteiger partial charge in [-0.05, 0) is 50.1 Å². The number of carbonyl (C=O) groups excluding carboxylic acids is 2. The molecule has 0 radical (unpaired) electrons. The Morgan fingerprint density at radius 1 is 1.11 bits per heavy atom. The van der Waals surface area contributed by atoms with E-state index in [1.165, 1.54) is 31.2 Å². The number of amides is 2. The Kier molecular flexibility index (Phi) is 7.44. The zero-order valence-electron chi connectivity index (χ0n) is 20.0. The Balaban J connectivity index is 1.58. The van der Waals surface area contributed by atoms with Crippen molar-refractivity contribution in [1.82, 2.24) is 20.0 Å². The molecule has 1 saturated heterocycles. The molecule has 2 N–H and O–H groups in total. The van der Waals surface area contributed by atoms with E-state index in [0.717, 1.165) is 29.7 Å². The number of aromatic nitrogens is 2. The van der Waals surface area contributed by atoms with Crippen LogP contribution in [0.1, 0.15) is 57.8 Å². The highest BCUT2D eigenvalue weighted by molar-refractivity contribution is 5.95. The highest BCUT2D eigenvalue weighted by atomic mass is 19.3. The van der Waals surface area contributed by atoms with Gasteiger partial charge in [-0.15, -0.1) is 0 Å². The molecular weight excluding hydrogens is 489 g/mol. The van der Waals surface area contributed by atoms with Crippen LogP contribution in [0.5, 0.6) is 0 Å². The van der Waals surface area contributed by atoms with Crippen LogP contribution >= 0.6 is 0 Å². The zero-order valence-corrected chi connectivity index (χ0v) is 20.0. The van der Waals surface area contributed by atoms with E-state index in [-0.39, 0.29) is 22.9 Å². The quantitative estimate of drug-likeness (QED) is 0.504. The van der Waals surface area contributed by atoms with Crippen LogP contribution in [0.4, 0.5) is 13.2 Å². The third kappa shape index (κ3) is 5.41. The van der Waals surface area contributed by atoms with Gasteiger partial charge in [-0.3, -0.25) is 14.4 Å². The number of alkyl halides is 2. The molecule has 194 valence electrons. The number of likely N-dealkylation sites (tertiary alicyclic amines) is 1.